The number of hydrogen-bond acceptors (Lipinski definition) is 5. The zero-order valence-electron chi connectivity index (χ0n) is 12.7. The topological polar surface area (TPSA) is 88.2 Å². The summed E-state index contributed by atoms with van der Waals surface area (Å²) in [6, 6.07) is 9.32. The SMILES string of the molecule is O=C(NCCNc1ncccn1)NC1CCOc2ccccc21. The van der Waals surface area contributed by atoms with Crippen LogP contribution in [0.2, 0.25) is 0 Å². The highest BCUT2D eigenvalue weighted by atomic mass is 16.5. The maximum Gasteiger partial charge on any atom is 0.315 e. The van der Waals surface area contributed by atoms with Gasteiger partial charge in [0.1, 0.15) is 5.75 Å². The van der Waals surface area contributed by atoms with Gasteiger partial charge in [0.05, 0.1) is 12.6 Å². The molecule has 1 aliphatic rings. The van der Waals surface area contributed by atoms with E-state index in [1.807, 2.05) is 24.3 Å². The zero-order chi connectivity index (χ0) is 15.9. The molecule has 3 rings (SSSR count). The van der Waals surface area contributed by atoms with Gasteiger partial charge in [0.25, 0.3) is 0 Å². The molecule has 0 fully saturated rings. The fourth-order valence-electron chi connectivity index (χ4n) is 2.44. The largest absolute Gasteiger partial charge is 0.493 e. The van der Waals surface area contributed by atoms with E-state index in [9.17, 15) is 4.79 Å². The number of anilines is 1. The molecule has 2 aromatic rings. The molecule has 0 saturated carbocycles. The van der Waals surface area contributed by atoms with Gasteiger partial charge in [0.2, 0.25) is 5.95 Å². The van der Waals surface area contributed by atoms with Crippen LogP contribution in [0.15, 0.2) is 42.7 Å². The van der Waals surface area contributed by atoms with Crippen molar-refractivity contribution >= 4 is 12.0 Å². The molecule has 0 spiro atoms. The van der Waals surface area contributed by atoms with Gasteiger partial charge in [0.15, 0.2) is 0 Å². The van der Waals surface area contributed by atoms with Crippen molar-refractivity contribution in [1.29, 1.82) is 0 Å². The summed E-state index contributed by atoms with van der Waals surface area (Å²) in [4.78, 5) is 20.1. The maximum atomic E-state index is 12.0. The summed E-state index contributed by atoms with van der Waals surface area (Å²) in [5, 5.41) is 8.84. The third-order valence-electron chi connectivity index (χ3n) is 3.52. The predicted molar refractivity (Wildman–Crippen MR) is 86.4 cm³/mol. The zero-order valence-corrected chi connectivity index (χ0v) is 12.7. The lowest BCUT2D eigenvalue weighted by Crippen LogP contribution is -2.41. The van der Waals surface area contributed by atoms with Crippen LogP contribution in [0, 0.1) is 0 Å². The number of aromatic nitrogens is 2. The molecule has 1 aromatic heterocycles. The number of urea groups is 1. The Bertz CT molecular complexity index is 650. The highest BCUT2D eigenvalue weighted by molar-refractivity contribution is 5.74. The van der Waals surface area contributed by atoms with Crippen LogP contribution < -0.4 is 20.7 Å². The van der Waals surface area contributed by atoms with Crippen LogP contribution in [0.3, 0.4) is 0 Å². The Kier molecular flexibility index (Phi) is 4.88. The van der Waals surface area contributed by atoms with Crippen molar-refractivity contribution in [2.45, 2.75) is 12.5 Å². The van der Waals surface area contributed by atoms with Crippen LogP contribution in [0.25, 0.3) is 0 Å². The van der Waals surface area contributed by atoms with Crippen molar-refractivity contribution in [3.63, 3.8) is 0 Å². The molecule has 0 bridgehead atoms. The molecule has 0 aliphatic carbocycles. The van der Waals surface area contributed by atoms with Crippen molar-refractivity contribution in [2.24, 2.45) is 0 Å². The maximum absolute atomic E-state index is 12.0. The Hall–Kier alpha value is -2.83. The van der Waals surface area contributed by atoms with Gasteiger partial charge in [-0.05, 0) is 12.1 Å². The molecule has 1 aliphatic heterocycles. The van der Waals surface area contributed by atoms with Crippen LogP contribution in [-0.4, -0.2) is 35.7 Å². The molecule has 1 unspecified atom stereocenters. The predicted octanol–water partition coefficient (Wildman–Crippen LogP) is 1.71. The quantitative estimate of drug-likeness (QED) is 0.731. The average molecular weight is 313 g/mol. The van der Waals surface area contributed by atoms with Gasteiger partial charge >= 0.3 is 6.03 Å². The lowest BCUT2D eigenvalue weighted by atomic mass is 10.0. The lowest BCUT2D eigenvalue weighted by Gasteiger charge is -2.26. The van der Waals surface area contributed by atoms with Crippen molar-refractivity contribution in [3.05, 3.63) is 48.3 Å². The van der Waals surface area contributed by atoms with Crippen molar-refractivity contribution in [1.82, 2.24) is 20.6 Å². The summed E-state index contributed by atoms with van der Waals surface area (Å²) in [6.45, 7) is 1.64. The molecule has 23 heavy (non-hydrogen) atoms. The first-order valence-electron chi connectivity index (χ1n) is 7.60. The number of carbonyl (C=O) groups is 1. The minimum Gasteiger partial charge on any atom is -0.493 e. The number of benzene rings is 1. The fraction of sp³-hybridized carbons (Fsp3) is 0.312. The summed E-state index contributed by atoms with van der Waals surface area (Å²) in [5.74, 6) is 1.39. The minimum atomic E-state index is -0.192. The van der Waals surface area contributed by atoms with Crippen LogP contribution in [0.5, 0.6) is 5.75 Å². The smallest absolute Gasteiger partial charge is 0.315 e. The van der Waals surface area contributed by atoms with Gasteiger partial charge in [-0.1, -0.05) is 18.2 Å². The van der Waals surface area contributed by atoms with Crippen molar-refractivity contribution < 1.29 is 9.53 Å². The van der Waals surface area contributed by atoms with Gasteiger partial charge in [-0.2, -0.15) is 0 Å². The molecular weight excluding hydrogens is 294 g/mol. The van der Waals surface area contributed by atoms with Crippen molar-refractivity contribution in [2.75, 3.05) is 25.0 Å². The third kappa shape index (κ3) is 4.09. The number of nitrogens with one attached hydrogen (secondary N) is 3. The number of hydrogen-bond donors (Lipinski definition) is 3. The molecule has 3 N–H and O–H groups in total. The Morgan fingerprint density at radius 2 is 2.00 bits per heavy atom. The van der Waals surface area contributed by atoms with E-state index in [4.69, 9.17) is 4.74 Å². The summed E-state index contributed by atoms with van der Waals surface area (Å²) in [7, 11) is 0. The van der Waals surface area contributed by atoms with E-state index in [1.165, 1.54) is 0 Å². The lowest BCUT2D eigenvalue weighted by molar-refractivity contribution is 0.223. The normalized spacial score (nSPS) is 15.9. The number of nitrogens with zero attached hydrogens (tertiary/aromatic N) is 2. The van der Waals surface area contributed by atoms with Crippen LogP contribution in [-0.2, 0) is 0 Å². The minimum absolute atomic E-state index is 0.0228. The summed E-state index contributed by atoms with van der Waals surface area (Å²) >= 11 is 0. The molecule has 2 heterocycles. The van der Waals surface area contributed by atoms with Gasteiger partial charge in [0, 0.05) is 37.5 Å². The fourth-order valence-corrected chi connectivity index (χ4v) is 2.44. The van der Waals surface area contributed by atoms with Gasteiger partial charge in [-0.3, -0.25) is 0 Å². The number of fused-ring (bicyclic) bond motifs is 1. The highest BCUT2D eigenvalue weighted by Gasteiger charge is 2.22. The third-order valence-corrected chi connectivity index (χ3v) is 3.52. The summed E-state index contributed by atoms with van der Waals surface area (Å²) < 4.78 is 5.59. The van der Waals surface area contributed by atoms with E-state index in [2.05, 4.69) is 25.9 Å². The summed E-state index contributed by atoms with van der Waals surface area (Å²) in [6.07, 6.45) is 4.09. The Morgan fingerprint density at radius 1 is 1.17 bits per heavy atom. The summed E-state index contributed by atoms with van der Waals surface area (Å²) in [5.41, 5.74) is 1.02. The van der Waals surface area contributed by atoms with Crippen LogP contribution in [0.1, 0.15) is 18.0 Å². The molecular formula is C16H19N5O2. The number of carbonyl (C=O) groups excluding carboxylic acids is 1. The molecule has 2 amide bonds. The van der Waals surface area contributed by atoms with E-state index in [-0.39, 0.29) is 12.1 Å². The van der Waals surface area contributed by atoms with Crippen LogP contribution in [0.4, 0.5) is 10.7 Å². The average Bonchev–Trinajstić information content (AvgIpc) is 2.60. The first-order chi connectivity index (χ1) is 11.3. The number of para-hydroxylation sites is 1. The first kappa shape index (κ1) is 15.1. The van der Waals surface area contributed by atoms with E-state index in [0.717, 1.165) is 17.7 Å². The first-order valence-corrected chi connectivity index (χ1v) is 7.60. The molecule has 1 aromatic carbocycles. The standard InChI is InChI=1S/C16H19N5O2/c22-16(20-10-9-19-15-17-7-3-8-18-15)21-13-6-11-23-14-5-2-1-4-12(13)14/h1-5,7-8,13H,6,9-11H2,(H,17,18,19)(H2,20,21,22). The molecule has 7 nitrogen and oxygen atoms in total. The number of amides is 2. The second-order valence-corrected chi connectivity index (χ2v) is 5.13. The van der Waals surface area contributed by atoms with Gasteiger partial charge in [-0.25, -0.2) is 14.8 Å². The second kappa shape index (κ2) is 7.44. The van der Waals surface area contributed by atoms with E-state index in [0.29, 0.717) is 25.6 Å². The highest BCUT2D eigenvalue weighted by Crippen LogP contribution is 2.31. The molecule has 0 radical (unpaired) electrons. The van der Waals surface area contributed by atoms with Gasteiger partial charge in [-0.15, -0.1) is 0 Å². The number of ether oxygens (including phenoxy) is 1. The van der Waals surface area contributed by atoms with Crippen molar-refractivity contribution in [3.8, 4) is 5.75 Å². The van der Waals surface area contributed by atoms with E-state index >= 15 is 0 Å². The Morgan fingerprint density at radius 3 is 2.87 bits per heavy atom. The van der Waals surface area contributed by atoms with Gasteiger partial charge < -0.3 is 20.7 Å². The monoisotopic (exact) mass is 313 g/mol. The van der Waals surface area contributed by atoms with Crippen LogP contribution >= 0.6 is 0 Å². The Labute approximate surface area is 134 Å². The molecule has 0 saturated heterocycles. The number of rotatable bonds is 5. The molecule has 7 heteroatoms. The molecule has 1 atom stereocenters. The Balaban J connectivity index is 1.43. The van der Waals surface area contributed by atoms with E-state index in [1.54, 1.807) is 18.5 Å². The molecule has 120 valence electrons. The van der Waals surface area contributed by atoms with E-state index < -0.39 is 0 Å². The second-order valence-electron chi connectivity index (χ2n) is 5.13.